The number of nitrogens with zero attached hydrogens (tertiary/aromatic N) is 3. The van der Waals surface area contributed by atoms with Gasteiger partial charge in [0.1, 0.15) is 5.60 Å². The van der Waals surface area contributed by atoms with Gasteiger partial charge in [0.2, 0.25) is 0 Å². The lowest BCUT2D eigenvalue weighted by atomic mass is 10.0. The number of pyridine rings is 2. The molecule has 2 aromatic rings. The van der Waals surface area contributed by atoms with E-state index in [1.165, 1.54) is 0 Å². The Balaban J connectivity index is 1.56. The molecule has 0 aliphatic carbocycles. The van der Waals surface area contributed by atoms with Crippen molar-refractivity contribution in [2.24, 2.45) is 0 Å². The normalized spacial score (nSPS) is 15.6. The van der Waals surface area contributed by atoms with E-state index in [-0.39, 0.29) is 6.09 Å². The number of likely N-dealkylation sites (tertiary alicyclic amines) is 1. The fourth-order valence-electron chi connectivity index (χ4n) is 2.99. The molecule has 0 radical (unpaired) electrons. The molecular formula is C20H26N4O2. The third-order valence-electron chi connectivity index (χ3n) is 4.27. The fourth-order valence-corrected chi connectivity index (χ4v) is 2.99. The van der Waals surface area contributed by atoms with Crippen LogP contribution in [-0.2, 0) is 4.74 Å². The second kappa shape index (κ2) is 7.72. The zero-order valence-electron chi connectivity index (χ0n) is 15.6. The number of ether oxygens (including phenoxy) is 1. The lowest BCUT2D eigenvalue weighted by Gasteiger charge is -2.34. The van der Waals surface area contributed by atoms with Gasteiger partial charge in [0, 0.05) is 49.5 Å². The van der Waals surface area contributed by atoms with Gasteiger partial charge in [-0.2, -0.15) is 0 Å². The van der Waals surface area contributed by atoms with Crippen LogP contribution >= 0.6 is 0 Å². The van der Waals surface area contributed by atoms with Crippen LogP contribution in [0.15, 0.2) is 43.0 Å². The Morgan fingerprint density at radius 2 is 1.81 bits per heavy atom. The Morgan fingerprint density at radius 1 is 1.12 bits per heavy atom. The van der Waals surface area contributed by atoms with Crippen molar-refractivity contribution < 1.29 is 9.53 Å². The molecule has 1 N–H and O–H groups in total. The lowest BCUT2D eigenvalue weighted by molar-refractivity contribution is 0.0210. The summed E-state index contributed by atoms with van der Waals surface area (Å²) in [6.07, 6.45) is 8.80. The molecule has 1 saturated heterocycles. The predicted molar refractivity (Wildman–Crippen MR) is 102 cm³/mol. The van der Waals surface area contributed by atoms with Crippen molar-refractivity contribution in [3.05, 3.63) is 43.0 Å². The number of carbonyl (C=O) groups is 1. The van der Waals surface area contributed by atoms with E-state index in [2.05, 4.69) is 21.4 Å². The summed E-state index contributed by atoms with van der Waals surface area (Å²) in [6.45, 7) is 7.07. The Morgan fingerprint density at radius 3 is 2.46 bits per heavy atom. The molecule has 3 heterocycles. The number of anilines is 1. The van der Waals surface area contributed by atoms with Crippen LogP contribution in [0.3, 0.4) is 0 Å². The molecule has 1 fully saturated rings. The highest BCUT2D eigenvalue weighted by Crippen LogP contribution is 2.23. The first kappa shape index (κ1) is 18.2. The minimum absolute atomic E-state index is 0.225. The van der Waals surface area contributed by atoms with Crippen LogP contribution in [-0.4, -0.2) is 45.7 Å². The van der Waals surface area contributed by atoms with Crippen molar-refractivity contribution in [1.82, 2.24) is 14.9 Å². The average Bonchev–Trinajstić information content (AvgIpc) is 2.62. The van der Waals surface area contributed by atoms with Gasteiger partial charge in [0.15, 0.2) is 0 Å². The van der Waals surface area contributed by atoms with Gasteiger partial charge in [-0.05, 0) is 57.4 Å². The van der Waals surface area contributed by atoms with Crippen LogP contribution in [0, 0.1) is 0 Å². The monoisotopic (exact) mass is 354 g/mol. The van der Waals surface area contributed by atoms with Crippen LogP contribution in [0.4, 0.5) is 10.5 Å². The molecule has 2 aromatic heterocycles. The first-order chi connectivity index (χ1) is 12.4. The maximum absolute atomic E-state index is 12.1. The highest BCUT2D eigenvalue weighted by atomic mass is 16.6. The number of rotatable bonds is 3. The molecule has 0 bridgehead atoms. The number of piperidine rings is 1. The van der Waals surface area contributed by atoms with Gasteiger partial charge in [-0.1, -0.05) is 0 Å². The molecule has 0 atom stereocenters. The van der Waals surface area contributed by atoms with E-state index in [4.69, 9.17) is 4.74 Å². The summed E-state index contributed by atoms with van der Waals surface area (Å²) in [5, 5.41) is 3.54. The first-order valence-electron chi connectivity index (χ1n) is 9.01. The summed E-state index contributed by atoms with van der Waals surface area (Å²) in [5.74, 6) is 0. The van der Waals surface area contributed by atoms with Crippen molar-refractivity contribution in [1.29, 1.82) is 0 Å². The highest BCUT2D eigenvalue weighted by Gasteiger charge is 2.26. The summed E-state index contributed by atoms with van der Waals surface area (Å²) in [4.78, 5) is 22.3. The van der Waals surface area contributed by atoms with E-state index in [0.717, 1.165) is 29.7 Å². The molecule has 1 aliphatic rings. The molecule has 138 valence electrons. The van der Waals surface area contributed by atoms with Gasteiger partial charge in [0.05, 0.1) is 5.69 Å². The van der Waals surface area contributed by atoms with Crippen molar-refractivity contribution in [2.75, 3.05) is 18.4 Å². The molecule has 26 heavy (non-hydrogen) atoms. The second-order valence-corrected chi connectivity index (χ2v) is 7.58. The summed E-state index contributed by atoms with van der Waals surface area (Å²) in [5.41, 5.74) is 2.69. The minimum atomic E-state index is -0.453. The van der Waals surface area contributed by atoms with Crippen molar-refractivity contribution in [2.45, 2.75) is 45.3 Å². The molecular weight excluding hydrogens is 328 g/mol. The van der Waals surface area contributed by atoms with Gasteiger partial charge < -0.3 is 15.0 Å². The number of hydrogen-bond acceptors (Lipinski definition) is 5. The third kappa shape index (κ3) is 4.94. The molecule has 0 unspecified atom stereocenters. The largest absolute Gasteiger partial charge is 0.444 e. The highest BCUT2D eigenvalue weighted by molar-refractivity contribution is 5.68. The van der Waals surface area contributed by atoms with Crippen LogP contribution in [0.25, 0.3) is 11.1 Å². The fraction of sp³-hybridized carbons (Fsp3) is 0.450. The molecule has 0 spiro atoms. The second-order valence-electron chi connectivity index (χ2n) is 7.58. The van der Waals surface area contributed by atoms with Gasteiger partial charge >= 0.3 is 6.09 Å². The molecule has 1 aliphatic heterocycles. The zero-order chi connectivity index (χ0) is 18.6. The van der Waals surface area contributed by atoms with E-state index >= 15 is 0 Å². The number of carbonyl (C=O) groups excluding carboxylic acids is 1. The predicted octanol–water partition coefficient (Wildman–Crippen LogP) is 3.96. The molecule has 6 heteroatoms. The van der Waals surface area contributed by atoms with Gasteiger partial charge in [-0.25, -0.2) is 4.79 Å². The van der Waals surface area contributed by atoms with Gasteiger partial charge in [0.25, 0.3) is 0 Å². The third-order valence-corrected chi connectivity index (χ3v) is 4.27. The Hall–Kier alpha value is -2.63. The first-order valence-corrected chi connectivity index (χ1v) is 9.01. The van der Waals surface area contributed by atoms with Gasteiger partial charge in [-0.3, -0.25) is 9.97 Å². The van der Waals surface area contributed by atoms with Crippen molar-refractivity contribution >= 4 is 11.8 Å². The number of hydrogen-bond donors (Lipinski definition) is 1. The molecule has 3 rings (SSSR count). The zero-order valence-corrected chi connectivity index (χ0v) is 15.6. The Labute approximate surface area is 154 Å². The Kier molecular flexibility index (Phi) is 5.40. The van der Waals surface area contributed by atoms with Crippen LogP contribution < -0.4 is 5.32 Å². The van der Waals surface area contributed by atoms with E-state index in [0.29, 0.717) is 19.1 Å². The summed E-state index contributed by atoms with van der Waals surface area (Å²) in [6, 6.07) is 6.37. The van der Waals surface area contributed by atoms with Crippen molar-refractivity contribution in [3.8, 4) is 11.1 Å². The standard InChI is InChI=1S/C20H26N4O2/c1-20(2,3)26-19(25)24-10-6-17(7-11-24)23-18-12-16(13-22-14-18)15-4-8-21-9-5-15/h4-5,8-9,12-14,17,23H,6-7,10-11H2,1-3H3. The minimum Gasteiger partial charge on any atom is -0.444 e. The summed E-state index contributed by atoms with van der Waals surface area (Å²) < 4.78 is 5.45. The smallest absolute Gasteiger partial charge is 0.410 e. The van der Waals surface area contributed by atoms with Crippen LogP contribution in [0.1, 0.15) is 33.6 Å². The van der Waals surface area contributed by atoms with Crippen LogP contribution in [0.2, 0.25) is 0 Å². The summed E-state index contributed by atoms with van der Waals surface area (Å²) in [7, 11) is 0. The number of nitrogens with one attached hydrogen (secondary N) is 1. The van der Waals surface area contributed by atoms with E-state index in [9.17, 15) is 4.79 Å². The van der Waals surface area contributed by atoms with Gasteiger partial charge in [-0.15, -0.1) is 0 Å². The molecule has 1 amide bonds. The molecule has 0 saturated carbocycles. The SMILES string of the molecule is CC(C)(C)OC(=O)N1CCC(Nc2cncc(-c3ccncc3)c2)CC1. The van der Waals surface area contributed by atoms with E-state index in [1.54, 1.807) is 17.3 Å². The quantitative estimate of drug-likeness (QED) is 0.904. The Bertz CT molecular complexity index is 735. The molecule has 0 aromatic carbocycles. The van der Waals surface area contributed by atoms with E-state index < -0.39 is 5.60 Å². The number of aromatic nitrogens is 2. The lowest BCUT2D eigenvalue weighted by Crippen LogP contribution is -2.44. The topological polar surface area (TPSA) is 67.3 Å². The maximum Gasteiger partial charge on any atom is 0.410 e. The molecule has 6 nitrogen and oxygen atoms in total. The number of amides is 1. The van der Waals surface area contributed by atoms with E-state index in [1.807, 2.05) is 45.3 Å². The van der Waals surface area contributed by atoms with Crippen LogP contribution in [0.5, 0.6) is 0 Å². The maximum atomic E-state index is 12.1. The van der Waals surface area contributed by atoms with Crippen molar-refractivity contribution in [3.63, 3.8) is 0 Å². The average molecular weight is 354 g/mol. The summed E-state index contributed by atoms with van der Waals surface area (Å²) >= 11 is 0.